The lowest BCUT2D eigenvalue weighted by Gasteiger charge is -2.06. The van der Waals surface area contributed by atoms with Gasteiger partial charge >= 0.3 is 12.1 Å². The Morgan fingerprint density at radius 3 is 2.71 bits per heavy atom. The number of alkyl halides is 3. The van der Waals surface area contributed by atoms with E-state index in [4.69, 9.17) is 15.0 Å². The fraction of sp³-hybridized carbons (Fsp3) is 0.294. The number of hydrogen-bond acceptors (Lipinski definition) is 10. The molecular weight excluding hydrogens is 461 g/mol. The number of rotatable bonds is 8. The highest BCUT2D eigenvalue weighted by atomic mass is 32.2. The molecule has 0 fully saturated rings. The van der Waals surface area contributed by atoms with Crippen molar-refractivity contribution in [3.63, 3.8) is 0 Å². The summed E-state index contributed by atoms with van der Waals surface area (Å²) in [6.45, 7) is -0.612. The second-order valence-corrected chi connectivity index (χ2v) is 8.77. The third kappa shape index (κ3) is 7.10. The Kier molecular flexibility index (Phi) is 7.84. The first kappa shape index (κ1) is 24.4. The number of nitrogens with zero attached hydrogens (tertiary/aromatic N) is 3. The van der Waals surface area contributed by atoms with E-state index in [-0.39, 0.29) is 22.2 Å². The maximum Gasteiger partial charge on any atom is 0.430 e. The van der Waals surface area contributed by atoms with Crippen molar-refractivity contribution in [1.82, 2.24) is 10.1 Å². The van der Waals surface area contributed by atoms with Crippen LogP contribution in [-0.4, -0.2) is 61.4 Å². The van der Waals surface area contributed by atoms with E-state index in [0.717, 1.165) is 6.26 Å². The van der Waals surface area contributed by atoms with Crippen molar-refractivity contribution >= 4 is 33.3 Å². The predicted molar refractivity (Wildman–Crippen MR) is 107 cm³/mol. The molecule has 168 valence electrons. The third-order valence-corrected chi connectivity index (χ3v) is 4.97. The molecule has 0 saturated carbocycles. The van der Waals surface area contributed by atoms with Crippen molar-refractivity contribution in [2.45, 2.75) is 11.1 Å². The minimum absolute atomic E-state index is 0.0111. The summed E-state index contributed by atoms with van der Waals surface area (Å²) in [7, 11) is -3.52. The molecule has 0 amide bonds. The SMILES string of the molecule is CSCOC(=O)CN=C(C=C(N)C(F)(F)F)c1nc(-c2cccc(S(C)(=O)=O)c2)no1. The van der Waals surface area contributed by atoms with Crippen molar-refractivity contribution in [3.05, 3.63) is 41.9 Å². The van der Waals surface area contributed by atoms with Crippen molar-refractivity contribution in [2.75, 3.05) is 25.0 Å². The van der Waals surface area contributed by atoms with E-state index < -0.39 is 45.8 Å². The van der Waals surface area contributed by atoms with Gasteiger partial charge in [-0.3, -0.25) is 9.79 Å². The molecule has 0 atom stereocenters. The number of hydrogen-bond donors (Lipinski definition) is 1. The quantitative estimate of drug-likeness (QED) is 0.344. The van der Waals surface area contributed by atoms with Crippen molar-refractivity contribution < 1.29 is 35.6 Å². The maximum absolute atomic E-state index is 12.9. The highest BCUT2D eigenvalue weighted by Crippen LogP contribution is 2.23. The summed E-state index contributed by atoms with van der Waals surface area (Å²) in [5, 5.41) is 3.64. The fourth-order valence-electron chi connectivity index (χ4n) is 2.03. The number of halogens is 3. The molecule has 0 spiro atoms. The van der Waals surface area contributed by atoms with E-state index in [9.17, 15) is 26.4 Å². The average molecular weight is 478 g/mol. The van der Waals surface area contributed by atoms with Crippen molar-refractivity contribution in [3.8, 4) is 11.4 Å². The molecule has 0 saturated heterocycles. The zero-order valence-corrected chi connectivity index (χ0v) is 17.8. The van der Waals surface area contributed by atoms with Crippen LogP contribution in [0.15, 0.2) is 50.4 Å². The normalized spacial score (nSPS) is 13.3. The molecule has 31 heavy (non-hydrogen) atoms. The number of aliphatic imine (C=N–C) groups is 1. The van der Waals surface area contributed by atoms with Gasteiger partial charge in [-0.25, -0.2) is 8.42 Å². The summed E-state index contributed by atoms with van der Waals surface area (Å²) in [5.41, 5.74) is 3.29. The minimum Gasteiger partial charge on any atom is -0.453 e. The van der Waals surface area contributed by atoms with Crippen LogP contribution in [0.5, 0.6) is 0 Å². The Labute approximate surface area is 179 Å². The van der Waals surface area contributed by atoms with E-state index >= 15 is 0 Å². The second kappa shape index (κ2) is 9.96. The summed E-state index contributed by atoms with van der Waals surface area (Å²) in [4.78, 5) is 19.3. The van der Waals surface area contributed by atoms with Gasteiger partial charge in [-0.15, -0.1) is 11.8 Å². The predicted octanol–water partition coefficient (Wildman–Crippen LogP) is 2.20. The van der Waals surface area contributed by atoms with Gasteiger partial charge in [0.2, 0.25) is 5.82 Å². The van der Waals surface area contributed by atoms with E-state index in [1.807, 2.05) is 0 Å². The summed E-state index contributed by atoms with van der Waals surface area (Å²) >= 11 is 1.22. The number of nitrogens with two attached hydrogens (primary N) is 1. The van der Waals surface area contributed by atoms with Gasteiger partial charge in [0.1, 0.15) is 23.9 Å². The van der Waals surface area contributed by atoms with Crippen LogP contribution in [0, 0.1) is 0 Å². The Morgan fingerprint density at radius 2 is 2.10 bits per heavy atom. The van der Waals surface area contributed by atoms with Gasteiger partial charge in [-0.05, 0) is 24.5 Å². The summed E-state index contributed by atoms with van der Waals surface area (Å²) in [6.07, 6.45) is -1.70. The molecule has 0 aliphatic carbocycles. The van der Waals surface area contributed by atoms with Crippen LogP contribution < -0.4 is 5.73 Å². The van der Waals surface area contributed by atoms with Gasteiger partial charge in [0.05, 0.1) is 4.90 Å². The van der Waals surface area contributed by atoms with Crippen LogP contribution in [-0.2, 0) is 19.4 Å². The monoisotopic (exact) mass is 478 g/mol. The molecular formula is C17H17F3N4O5S2. The van der Waals surface area contributed by atoms with E-state index in [1.165, 1.54) is 36.0 Å². The first-order chi connectivity index (χ1) is 14.4. The van der Waals surface area contributed by atoms with Gasteiger partial charge in [0.15, 0.2) is 9.84 Å². The molecule has 2 N–H and O–H groups in total. The summed E-state index contributed by atoms with van der Waals surface area (Å²) < 4.78 is 71.7. The first-order valence-corrected chi connectivity index (χ1v) is 11.6. The molecule has 0 radical (unpaired) electrons. The summed E-state index contributed by atoms with van der Waals surface area (Å²) in [6, 6.07) is 5.57. The van der Waals surface area contributed by atoms with Gasteiger partial charge in [-0.1, -0.05) is 17.3 Å². The highest BCUT2D eigenvalue weighted by Gasteiger charge is 2.32. The number of esters is 1. The molecule has 1 aromatic heterocycles. The maximum atomic E-state index is 12.9. The number of carbonyl (C=O) groups excluding carboxylic acids is 1. The first-order valence-electron chi connectivity index (χ1n) is 8.29. The van der Waals surface area contributed by atoms with Crippen LogP contribution in [0.1, 0.15) is 5.89 Å². The third-order valence-electron chi connectivity index (χ3n) is 3.50. The lowest BCUT2D eigenvalue weighted by molar-refractivity contribution is -0.139. The molecule has 1 heterocycles. The van der Waals surface area contributed by atoms with E-state index in [0.29, 0.717) is 6.08 Å². The average Bonchev–Trinajstić information content (AvgIpc) is 3.18. The lowest BCUT2D eigenvalue weighted by atomic mass is 10.2. The smallest absolute Gasteiger partial charge is 0.430 e. The molecule has 2 rings (SSSR count). The van der Waals surface area contributed by atoms with Gasteiger partial charge in [-0.2, -0.15) is 18.2 Å². The molecule has 0 aliphatic rings. The number of thioether (sulfide) groups is 1. The zero-order chi connectivity index (χ0) is 23.2. The van der Waals surface area contributed by atoms with Gasteiger partial charge in [0, 0.05) is 11.8 Å². The fourth-order valence-corrected chi connectivity index (χ4v) is 2.95. The molecule has 14 heteroatoms. The highest BCUT2D eigenvalue weighted by molar-refractivity contribution is 7.98. The van der Waals surface area contributed by atoms with Gasteiger partial charge in [0.25, 0.3) is 5.89 Å². The topological polar surface area (TPSA) is 138 Å². The van der Waals surface area contributed by atoms with E-state index in [2.05, 4.69) is 15.1 Å². The van der Waals surface area contributed by atoms with Gasteiger partial charge < -0.3 is 15.0 Å². The Bertz CT molecular complexity index is 1110. The van der Waals surface area contributed by atoms with Crippen molar-refractivity contribution in [2.24, 2.45) is 10.7 Å². The Morgan fingerprint density at radius 1 is 1.39 bits per heavy atom. The Balaban J connectivity index is 2.42. The number of allylic oxidation sites excluding steroid dienone is 2. The lowest BCUT2D eigenvalue weighted by Crippen LogP contribution is -2.21. The number of benzene rings is 1. The van der Waals surface area contributed by atoms with Crippen LogP contribution in [0.2, 0.25) is 0 Å². The molecule has 0 bridgehead atoms. The molecule has 9 nitrogen and oxygen atoms in total. The summed E-state index contributed by atoms with van der Waals surface area (Å²) in [5.74, 6) is -1.29. The Hall–Kier alpha value is -2.87. The van der Waals surface area contributed by atoms with E-state index in [1.54, 1.807) is 6.26 Å². The molecule has 2 aromatic rings. The number of sulfone groups is 1. The number of aromatic nitrogens is 2. The second-order valence-electron chi connectivity index (χ2n) is 5.94. The molecule has 1 aromatic carbocycles. The number of ether oxygens (including phenoxy) is 1. The van der Waals surface area contributed by atoms with Crippen LogP contribution >= 0.6 is 11.8 Å². The number of carbonyl (C=O) groups is 1. The molecule has 0 unspecified atom stereocenters. The largest absolute Gasteiger partial charge is 0.453 e. The van der Waals surface area contributed by atoms with Crippen LogP contribution in [0.4, 0.5) is 13.2 Å². The zero-order valence-electron chi connectivity index (χ0n) is 16.2. The van der Waals surface area contributed by atoms with Crippen LogP contribution in [0.25, 0.3) is 11.4 Å². The van der Waals surface area contributed by atoms with Crippen molar-refractivity contribution in [1.29, 1.82) is 0 Å². The van der Waals surface area contributed by atoms with Crippen LogP contribution in [0.3, 0.4) is 0 Å². The minimum atomic E-state index is -4.85. The molecule has 0 aliphatic heterocycles. The standard InChI is InChI=1S/C17H17F3N4O5S2/c1-30-9-28-14(25)8-22-12(7-13(21)17(18,19)20)16-23-15(24-29-16)10-4-3-5-11(6-10)31(2,26)27/h3-7H,8-9,21H2,1-2H3.